The minimum Gasteiger partial charge on any atom is -0.457 e. The molecule has 5 N–H and O–H groups in total. The average molecular weight is 467 g/mol. The van der Waals surface area contributed by atoms with Gasteiger partial charge in [-0.3, -0.25) is 5.10 Å². The van der Waals surface area contributed by atoms with Crippen LogP contribution in [-0.4, -0.2) is 23.4 Å². The molecule has 5 rings (SSSR count). The summed E-state index contributed by atoms with van der Waals surface area (Å²) < 4.78 is 17.2. The van der Waals surface area contributed by atoms with Crippen molar-refractivity contribution in [2.24, 2.45) is 5.73 Å². The Kier molecular flexibility index (Phi) is 6.34. The van der Waals surface area contributed by atoms with Gasteiger partial charge in [-0.15, -0.1) is 0 Å². The first kappa shape index (κ1) is 22.5. The molecule has 1 fully saturated rings. The lowest BCUT2D eigenvalue weighted by atomic mass is 10.0. The molecule has 1 aliphatic rings. The molecule has 0 amide bonds. The molecule has 0 unspecified atom stereocenters. The minimum atomic E-state index is -0.374. The molecule has 0 bridgehead atoms. The number of hydrogen-bond donors (Lipinski definition) is 3. The van der Waals surface area contributed by atoms with Crippen molar-refractivity contribution >= 4 is 17.1 Å². The van der Waals surface area contributed by atoms with Crippen LogP contribution in [0.15, 0.2) is 91.5 Å². The summed E-state index contributed by atoms with van der Waals surface area (Å²) in [5.74, 6) is 1.78. The summed E-state index contributed by atoms with van der Waals surface area (Å²) in [4.78, 5) is 0. The van der Waals surface area contributed by atoms with E-state index in [1.165, 1.54) is 0 Å². The standard InChI is InChI=1S/C28H26N4O3/c1-2-23(19-7-6-8-20(17-19)28-33-15-16-34-28)26-24(27(30)32-31-26)25(29)18-11-13-22(14-12-18)35-21-9-4-3-5-10-21/h2-14,17,28,31H,1,15-16,29H2,(H2,30,32)/b25-24+,26-23-. The van der Waals surface area contributed by atoms with Gasteiger partial charge in [-0.25, -0.2) is 0 Å². The Labute approximate surface area is 203 Å². The van der Waals surface area contributed by atoms with Crippen molar-refractivity contribution < 1.29 is 14.2 Å². The van der Waals surface area contributed by atoms with Crippen LogP contribution < -0.4 is 26.8 Å². The Morgan fingerprint density at radius 2 is 1.66 bits per heavy atom. The highest BCUT2D eigenvalue weighted by Crippen LogP contribution is 2.26. The third-order valence-corrected chi connectivity index (χ3v) is 5.77. The van der Waals surface area contributed by atoms with Gasteiger partial charge < -0.3 is 25.7 Å². The molecule has 0 saturated carbocycles. The van der Waals surface area contributed by atoms with Crippen molar-refractivity contribution in [1.82, 2.24) is 10.2 Å². The van der Waals surface area contributed by atoms with E-state index in [0.29, 0.717) is 41.0 Å². The Hall–Kier alpha value is -4.33. The number of anilines is 1. The number of aromatic nitrogens is 2. The first-order chi connectivity index (χ1) is 17.1. The van der Waals surface area contributed by atoms with E-state index in [1.807, 2.05) is 78.9 Å². The second kappa shape index (κ2) is 9.89. The summed E-state index contributed by atoms with van der Waals surface area (Å²) in [5.41, 5.74) is 16.8. The van der Waals surface area contributed by atoms with Gasteiger partial charge in [-0.1, -0.05) is 49.1 Å². The summed E-state index contributed by atoms with van der Waals surface area (Å²) >= 11 is 0. The van der Waals surface area contributed by atoms with E-state index in [4.69, 9.17) is 25.7 Å². The second-order valence-corrected chi connectivity index (χ2v) is 8.03. The molecule has 4 aromatic rings. The topological polar surface area (TPSA) is 108 Å². The van der Waals surface area contributed by atoms with Gasteiger partial charge in [-0.2, -0.15) is 5.10 Å². The lowest BCUT2D eigenvalue weighted by molar-refractivity contribution is -0.0441. The van der Waals surface area contributed by atoms with E-state index >= 15 is 0 Å². The van der Waals surface area contributed by atoms with Crippen molar-refractivity contribution in [2.45, 2.75) is 6.29 Å². The fraction of sp³-hybridized carbons (Fsp3) is 0.107. The molecule has 0 atom stereocenters. The van der Waals surface area contributed by atoms with E-state index in [-0.39, 0.29) is 6.29 Å². The second-order valence-electron chi connectivity index (χ2n) is 8.03. The van der Waals surface area contributed by atoms with Crippen LogP contribution in [0.4, 0.5) is 5.82 Å². The molecule has 7 heteroatoms. The molecule has 2 heterocycles. The number of benzene rings is 3. The number of rotatable bonds is 6. The Morgan fingerprint density at radius 3 is 2.37 bits per heavy atom. The molecule has 0 radical (unpaired) electrons. The summed E-state index contributed by atoms with van der Waals surface area (Å²) in [6, 6.07) is 25.1. The smallest absolute Gasteiger partial charge is 0.184 e. The number of H-pyrrole nitrogens is 1. The predicted octanol–water partition coefficient (Wildman–Crippen LogP) is 3.33. The molecule has 35 heavy (non-hydrogen) atoms. The Morgan fingerprint density at radius 1 is 0.943 bits per heavy atom. The van der Waals surface area contributed by atoms with Crippen LogP contribution in [0, 0.1) is 0 Å². The number of ether oxygens (including phenoxy) is 3. The third kappa shape index (κ3) is 4.68. The minimum absolute atomic E-state index is 0.306. The number of aromatic amines is 1. The van der Waals surface area contributed by atoms with Crippen LogP contribution in [0.25, 0.3) is 11.3 Å². The van der Waals surface area contributed by atoms with Crippen molar-refractivity contribution in [1.29, 1.82) is 0 Å². The average Bonchev–Trinajstić information content (AvgIpc) is 3.56. The highest BCUT2D eigenvalue weighted by atomic mass is 16.7. The maximum Gasteiger partial charge on any atom is 0.184 e. The normalized spacial score (nSPS) is 15.5. The molecule has 176 valence electrons. The highest BCUT2D eigenvalue weighted by molar-refractivity contribution is 5.75. The van der Waals surface area contributed by atoms with Gasteiger partial charge >= 0.3 is 0 Å². The lowest BCUT2D eigenvalue weighted by Gasteiger charge is -2.11. The number of nitrogens with two attached hydrogens (primary N) is 2. The summed E-state index contributed by atoms with van der Waals surface area (Å²) in [7, 11) is 0. The number of para-hydroxylation sites is 1. The number of nitrogen functional groups attached to an aromatic ring is 1. The fourth-order valence-electron chi connectivity index (χ4n) is 4.06. The molecule has 7 nitrogen and oxygen atoms in total. The summed E-state index contributed by atoms with van der Waals surface area (Å²) in [6.07, 6.45) is 1.39. The first-order valence-electron chi connectivity index (χ1n) is 11.3. The quantitative estimate of drug-likeness (QED) is 0.402. The highest BCUT2D eigenvalue weighted by Gasteiger charge is 2.19. The third-order valence-electron chi connectivity index (χ3n) is 5.77. The van der Waals surface area contributed by atoms with Gasteiger partial charge in [0.2, 0.25) is 0 Å². The monoisotopic (exact) mass is 466 g/mol. The SMILES string of the molecule is C=C/C(c1cccc(C2OCCO2)c1)=c1/[nH]nc(N)/c1=C(/N)c1ccc(Oc2ccccc2)cc1. The Balaban J connectivity index is 1.56. The van der Waals surface area contributed by atoms with E-state index in [2.05, 4.69) is 16.8 Å². The van der Waals surface area contributed by atoms with Crippen LogP contribution in [0.3, 0.4) is 0 Å². The molecule has 1 saturated heterocycles. The summed E-state index contributed by atoms with van der Waals surface area (Å²) in [6.45, 7) is 5.18. The van der Waals surface area contributed by atoms with Crippen LogP contribution in [-0.2, 0) is 9.47 Å². The Bertz CT molecular complexity index is 1450. The zero-order valence-electron chi connectivity index (χ0n) is 19.1. The maximum absolute atomic E-state index is 6.61. The summed E-state index contributed by atoms with van der Waals surface area (Å²) in [5, 5.41) is 8.58. The number of allylic oxidation sites excluding steroid dienone is 1. The molecule has 1 aliphatic heterocycles. The van der Waals surface area contributed by atoms with Crippen LogP contribution in [0.2, 0.25) is 0 Å². The van der Waals surface area contributed by atoms with Crippen molar-refractivity contribution in [2.75, 3.05) is 18.9 Å². The van der Waals surface area contributed by atoms with Crippen molar-refractivity contribution in [3.05, 3.63) is 119 Å². The largest absolute Gasteiger partial charge is 0.457 e. The predicted molar refractivity (Wildman–Crippen MR) is 136 cm³/mol. The molecular formula is C28H26N4O3. The number of hydrogen-bond acceptors (Lipinski definition) is 6. The van der Waals surface area contributed by atoms with Gasteiger partial charge in [0.15, 0.2) is 12.1 Å². The van der Waals surface area contributed by atoms with Gasteiger partial charge in [-0.05, 0) is 53.6 Å². The molecule has 0 aliphatic carbocycles. The van der Waals surface area contributed by atoms with Gasteiger partial charge in [0.1, 0.15) is 11.5 Å². The van der Waals surface area contributed by atoms with Gasteiger partial charge in [0.25, 0.3) is 0 Å². The van der Waals surface area contributed by atoms with E-state index in [0.717, 1.165) is 28.0 Å². The van der Waals surface area contributed by atoms with E-state index in [9.17, 15) is 0 Å². The number of nitrogens with one attached hydrogen (secondary N) is 1. The lowest BCUT2D eigenvalue weighted by Crippen LogP contribution is -2.32. The van der Waals surface area contributed by atoms with Crippen LogP contribution >= 0.6 is 0 Å². The van der Waals surface area contributed by atoms with Crippen LogP contribution in [0.5, 0.6) is 11.5 Å². The maximum atomic E-state index is 6.61. The molecule has 1 aromatic heterocycles. The van der Waals surface area contributed by atoms with Gasteiger partial charge in [0, 0.05) is 11.1 Å². The first-order valence-corrected chi connectivity index (χ1v) is 11.3. The van der Waals surface area contributed by atoms with E-state index < -0.39 is 0 Å². The number of nitrogens with zero attached hydrogens (tertiary/aromatic N) is 1. The fourth-order valence-corrected chi connectivity index (χ4v) is 4.06. The van der Waals surface area contributed by atoms with E-state index in [1.54, 1.807) is 6.08 Å². The molecule has 3 aromatic carbocycles. The zero-order chi connectivity index (χ0) is 24.2. The zero-order valence-corrected chi connectivity index (χ0v) is 19.1. The van der Waals surface area contributed by atoms with Crippen molar-refractivity contribution in [3.8, 4) is 11.5 Å². The van der Waals surface area contributed by atoms with Crippen molar-refractivity contribution in [3.63, 3.8) is 0 Å². The molecular weight excluding hydrogens is 440 g/mol. The molecule has 0 spiro atoms. The van der Waals surface area contributed by atoms with Crippen LogP contribution in [0.1, 0.15) is 23.0 Å². The van der Waals surface area contributed by atoms with Gasteiger partial charge in [0.05, 0.1) is 29.5 Å².